The van der Waals surface area contributed by atoms with Crippen molar-refractivity contribution in [3.05, 3.63) is 72.3 Å². The Kier molecular flexibility index (Phi) is 9.63. The summed E-state index contributed by atoms with van der Waals surface area (Å²) >= 11 is 0. The van der Waals surface area contributed by atoms with Crippen LogP contribution >= 0.6 is 24.0 Å². The number of fused-ring (bicyclic) bond motifs is 1. The van der Waals surface area contributed by atoms with Crippen LogP contribution < -0.4 is 15.4 Å². The van der Waals surface area contributed by atoms with Crippen molar-refractivity contribution < 1.29 is 9.13 Å². The highest BCUT2D eigenvalue weighted by molar-refractivity contribution is 14.0. The van der Waals surface area contributed by atoms with Crippen LogP contribution in [-0.4, -0.2) is 30.6 Å². The first-order chi connectivity index (χ1) is 13.8. The van der Waals surface area contributed by atoms with Crippen LogP contribution in [0.1, 0.15) is 19.0 Å². The number of ether oxygens (including phenoxy) is 1. The van der Waals surface area contributed by atoms with Crippen molar-refractivity contribution in [2.45, 2.75) is 19.9 Å². The number of hydrogen-bond donors (Lipinski definition) is 2. The first-order valence-electron chi connectivity index (χ1n) is 9.49. The summed E-state index contributed by atoms with van der Waals surface area (Å²) in [6.45, 7) is 4.20. The Labute approximate surface area is 187 Å². The van der Waals surface area contributed by atoms with E-state index in [0.717, 1.165) is 18.7 Å². The van der Waals surface area contributed by atoms with Gasteiger partial charge in [0.1, 0.15) is 11.6 Å². The monoisotopic (exact) mass is 508 g/mol. The van der Waals surface area contributed by atoms with Crippen LogP contribution in [0.25, 0.3) is 10.8 Å². The highest BCUT2D eigenvalue weighted by Crippen LogP contribution is 2.20. The van der Waals surface area contributed by atoms with Gasteiger partial charge in [-0.2, -0.15) is 0 Å². The third-order valence-corrected chi connectivity index (χ3v) is 4.17. The first-order valence-corrected chi connectivity index (χ1v) is 9.49. The number of pyridine rings is 1. The lowest BCUT2D eigenvalue weighted by Crippen LogP contribution is -2.38. The van der Waals surface area contributed by atoms with Crippen LogP contribution in [0.4, 0.5) is 4.39 Å². The first kappa shape index (κ1) is 22.9. The lowest BCUT2D eigenvalue weighted by Gasteiger charge is -2.12. The number of benzene rings is 2. The molecule has 3 rings (SSSR count). The van der Waals surface area contributed by atoms with Gasteiger partial charge in [-0.3, -0.25) is 4.98 Å². The molecule has 5 nitrogen and oxygen atoms in total. The van der Waals surface area contributed by atoms with Gasteiger partial charge in [-0.1, -0.05) is 30.3 Å². The van der Waals surface area contributed by atoms with Gasteiger partial charge in [0, 0.05) is 19.3 Å². The fraction of sp³-hybridized carbons (Fsp3) is 0.273. The van der Waals surface area contributed by atoms with Gasteiger partial charge >= 0.3 is 0 Å². The number of aliphatic imine (C=N–C) groups is 1. The van der Waals surface area contributed by atoms with E-state index in [9.17, 15) is 4.39 Å². The van der Waals surface area contributed by atoms with Gasteiger partial charge in [0.25, 0.3) is 0 Å². The number of rotatable bonds is 8. The number of halogens is 2. The average molecular weight is 508 g/mol. The molecule has 0 saturated heterocycles. The molecule has 0 atom stereocenters. The molecule has 0 amide bonds. The zero-order valence-electron chi connectivity index (χ0n) is 16.4. The SMILES string of the molecule is CCNC(=NCc1ncccc1F)NCCCOc1ccc2ccccc2c1.I. The molecule has 154 valence electrons. The second-order valence-corrected chi connectivity index (χ2v) is 6.26. The fourth-order valence-corrected chi connectivity index (χ4v) is 2.76. The van der Waals surface area contributed by atoms with Crippen molar-refractivity contribution in [3.63, 3.8) is 0 Å². The van der Waals surface area contributed by atoms with E-state index >= 15 is 0 Å². The number of guanidine groups is 1. The number of nitrogens with one attached hydrogen (secondary N) is 2. The molecule has 0 unspecified atom stereocenters. The second-order valence-electron chi connectivity index (χ2n) is 6.26. The van der Waals surface area contributed by atoms with Gasteiger partial charge in [-0.25, -0.2) is 9.38 Å². The van der Waals surface area contributed by atoms with E-state index in [0.29, 0.717) is 24.8 Å². The summed E-state index contributed by atoms with van der Waals surface area (Å²) in [5, 5.41) is 8.75. The van der Waals surface area contributed by atoms with E-state index in [1.807, 2.05) is 25.1 Å². The molecule has 0 saturated carbocycles. The van der Waals surface area contributed by atoms with Gasteiger partial charge < -0.3 is 15.4 Å². The van der Waals surface area contributed by atoms with Crippen LogP contribution in [0.5, 0.6) is 5.75 Å². The summed E-state index contributed by atoms with van der Waals surface area (Å²) in [6.07, 6.45) is 2.38. The standard InChI is InChI=1S/C22H25FN4O.HI/c1-2-24-22(27-16-21-20(23)9-5-12-25-21)26-13-6-14-28-19-11-10-17-7-3-4-8-18(17)15-19;/h3-5,7-12,15H,2,6,13-14,16H2,1H3,(H2,24,26,27);1H. The predicted octanol–water partition coefficient (Wildman–Crippen LogP) is 4.52. The smallest absolute Gasteiger partial charge is 0.191 e. The maximum atomic E-state index is 13.6. The molecule has 2 N–H and O–H groups in total. The Morgan fingerprint density at radius 1 is 1.07 bits per heavy atom. The third-order valence-electron chi connectivity index (χ3n) is 4.17. The minimum absolute atomic E-state index is 0. The van der Waals surface area contributed by atoms with E-state index in [-0.39, 0.29) is 36.3 Å². The molecule has 0 fully saturated rings. The Morgan fingerprint density at radius 3 is 2.69 bits per heavy atom. The van der Waals surface area contributed by atoms with Crippen LogP contribution in [0.2, 0.25) is 0 Å². The van der Waals surface area contributed by atoms with E-state index in [4.69, 9.17) is 4.74 Å². The highest BCUT2D eigenvalue weighted by atomic mass is 127. The minimum Gasteiger partial charge on any atom is -0.494 e. The molecule has 3 aromatic rings. The quantitative estimate of drug-likeness (QED) is 0.204. The normalized spacial score (nSPS) is 11.0. The van der Waals surface area contributed by atoms with Gasteiger partial charge in [0.2, 0.25) is 0 Å². The van der Waals surface area contributed by atoms with E-state index in [2.05, 4.69) is 44.9 Å². The number of nitrogens with zero attached hydrogens (tertiary/aromatic N) is 2. The van der Waals surface area contributed by atoms with Crippen molar-refractivity contribution in [2.24, 2.45) is 4.99 Å². The van der Waals surface area contributed by atoms with Crippen LogP contribution in [0.15, 0.2) is 65.8 Å². The summed E-state index contributed by atoms with van der Waals surface area (Å²) in [7, 11) is 0. The molecule has 2 aromatic carbocycles. The van der Waals surface area contributed by atoms with E-state index in [1.165, 1.54) is 16.8 Å². The Balaban J connectivity index is 0.00000300. The van der Waals surface area contributed by atoms with E-state index in [1.54, 1.807) is 12.3 Å². The van der Waals surface area contributed by atoms with Gasteiger partial charge in [-0.15, -0.1) is 24.0 Å². The lowest BCUT2D eigenvalue weighted by atomic mass is 10.1. The zero-order chi connectivity index (χ0) is 19.6. The second kappa shape index (κ2) is 12.2. The molecule has 0 aliphatic rings. The van der Waals surface area contributed by atoms with Crippen molar-refractivity contribution in [1.82, 2.24) is 15.6 Å². The Hall–Kier alpha value is -2.42. The fourth-order valence-electron chi connectivity index (χ4n) is 2.76. The van der Waals surface area contributed by atoms with Crippen LogP contribution in [0, 0.1) is 5.82 Å². The summed E-state index contributed by atoms with van der Waals surface area (Å²) in [5.41, 5.74) is 0.333. The molecular weight excluding hydrogens is 482 g/mol. The molecule has 0 aliphatic carbocycles. The highest BCUT2D eigenvalue weighted by Gasteiger charge is 2.03. The Morgan fingerprint density at radius 2 is 1.90 bits per heavy atom. The minimum atomic E-state index is -0.342. The number of hydrogen-bond acceptors (Lipinski definition) is 3. The Bertz CT molecular complexity index is 935. The summed E-state index contributed by atoms with van der Waals surface area (Å²) < 4.78 is 19.5. The van der Waals surface area contributed by atoms with Crippen molar-refractivity contribution in [1.29, 1.82) is 0 Å². The maximum Gasteiger partial charge on any atom is 0.191 e. The molecule has 7 heteroatoms. The average Bonchev–Trinajstić information content (AvgIpc) is 2.72. The molecule has 0 radical (unpaired) electrons. The van der Waals surface area contributed by atoms with Gasteiger partial charge in [-0.05, 0) is 48.4 Å². The molecule has 1 heterocycles. The summed E-state index contributed by atoms with van der Waals surface area (Å²) in [4.78, 5) is 8.40. The maximum absolute atomic E-state index is 13.6. The topological polar surface area (TPSA) is 58.5 Å². The molecule has 0 aliphatic heterocycles. The zero-order valence-corrected chi connectivity index (χ0v) is 18.7. The van der Waals surface area contributed by atoms with E-state index < -0.39 is 0 Å². The lowest BCUT2D eigenvalue weighted by molar-refractivity contribution is 0.311. The summed E-state index contributed by atoms with van der Waals surface area (Å²) in [6, 6.07) is 17.3. The largest absolute Gasteiger partial charge is 0.494 e. The molecular formula is C22H26FIN4O. The third kappa shape index (κ3) is 7.16. The van der Waals surface area contributed by atoms with Crippen LogP contribution in [0.3, 0.4) is 0 Å². The van der Waals surface area contributed by atoms with Gasteiger partial charge in [0.05, 0.1) is 18.8 Å². The number of aromatic nitrogens is 1. The molecule has 29 heavy (non-hydrogen) atoms. The molecule has 0 bridgehead atoms. The van der Waals surface area contributed by atoms with Gasteiger partial charge in [0.15, 0.2) is 5.96 Å². The predicted molar refractivity (Wildman–Crippen MR) is 126 cm³/mol. The van der Waals surface area contributed by atoms with Crippen molar-refractivity contribution >= 4 is 40.7 Å². The summed E-state index contributed by atoms with van der Waals surface area (Å²) in [5.74, 6) is 1.16. The van der Waals surface area contributed by atoms with Crippen molar-refractivity contribution in [3.8, 4) is 5.75 Å². The molecule has 1 aromatic heterocycles. The molecule has 0 spiro atoms. The van der Waals surface area contributed by atoms with Crippen LogP contribution in [-0.2, 0) is 6.54 Å². The van der Waals surface area contributed by atoms with Crippen molar-refractivity contribution in [2.75, 3.05) is 19.7 Å².